The fraction of sp³-hybridized carbons (Fsp3) is 0.105. The molecule has 0 saturated carbocycles. The Labute approximate surface area is 264 Å². The monoisotopic (exact) mass is 644 g/mol. The number of nitrogens with zero attached hydrogens (tertiary/aromatic N) is 2. The third-order valence-corrected chi connectivity index (χ3v) is 8.12. The smallest absolute Gasteiger partial charge is 0.157 e. The van der Waals surface area contributed by atoms with Crippen LogP contribution in [0.3, 0.4) is 0 Å². The van der Waals surface area contributed by atoms with Gasteiger partial charge in [-0.2, -0.15) is 0 Å². The van der Waals surface area contributed by atoms with Gasteiger partial charge >= 0.3 is 0 Å². The molecule has 218 valence electrons. The standard InChI is InChI=1S/C38H30BrFN2O2/c1-42(23-26-17-19-31(40)20-18-26)24-33-34(25-43)38(44-37(27-10-4-2-5-11-27)28-12-6-3-7-13-28)36-32(16-9-21-41-36)35(33)29-14-8-15-30(39)22-29/h2-22,25,37H,23-24H2,1H3. The van der Waals surface area contributed by atoms with E-state index in [2.05, 4.69) is 26.9 Å². The molecule has 0 unspecified atom stereocenters. The number of hydrogen-bond acceptors (Lipinski definition) is 4. The molecule has 6 heteroatoms. The van der Waals surface area contributed by atoms with Crippen LogP contribution in [0.2, 0.25) is 0 Å². The molecule has 44 heavy (non-hydrogen) atoms. The maximum absolute atomic E-state index is 13.6. The summed E-state index contributed by atoms with van der Waals surface area (Å²) in [6, 6.07) is 38.5. The molecular weight excluding hydrogens is 615 g/mol. The Morgan fingerprint density at radius 3 is 2.16 bits per heavy atom. The number of ether oxygens (including phenoxy) is 1. The van der Waals surface area contributed by atoms with Crippen LogP contribution in [-0.2, 0) is 13.1 Å². The molecule has 0 spiro atoms. The predicted octanol–water partition coefficient (Wildman–Crippen LogP) is 9.42. The van der Waals surface area contributed by atoms with E-state index < -0.39 is 6.10 Å². The van der Waals surface area contributed by atoms with E-state index >= 15 is 0 Å². The largest absolute Gasteiger partial charge is 0.478 e. The molecule has 0 radical (unpaired) electrons. The summed E-state index contributed by atoms with van der Waals surface area (Å²) in [4.78, 5) is 20.1. The number of halogens is 2. The number of carbonyl (C=O) groups excluding carboxylic acids is 1. The Hall–Kier alpha value is -4.65. The number of aldehydes is 1. The van der Waals surface area contributed by atoms with Crippen molar-refractivity contribution in [3.8, 4) is 16.9 Å². The Balaban J connectivity index is 1.56. The van der Waals surface area contributed by atoms with Crippen LogP contribution in [0.25, 0.3) is 22.0 Å². The lowest BCUT2D eigenvalue weighted by Gasteiger charge is -2.26. The third kappa shape index (κ3) is 6.32. The molecule has 0 fully saturated rings. The Kier molecular flexibility index (Phi) is 8.91. The van der Waals surface area contributed by atoms with E-state index in [4.69, 9.17) is 9.72 Å². The van der Waals surface area contributed by atoms with Gasteiger partial charge in [-0.25, -0.2) is 4.39 Å². The van der Waals surface area contributed by atoms with E-state index in [1.807, 2.05) is 98.0 Å². The fourth-order valence-corrected chi connectivity index (χ4v) is 6.06. The first kappa shape index (κ1) is 29.4. The van der Waals surface area contributed by atoms with Gasteiger partial charge in [0.15, 0.2) is 12.0 Å². The van der Waals surface area contributed by atoms with Crippen molar-refractivity contribution in [3.05, 3.63) is 166 Å². The highest BCUT2D eigenvalue weighted by atomic mass is 79.9. The maximum atomic E-state index is 13.6. The van der Waals surface area contributed by atoms with E-state index in [0.717, 1.165) is 49.5 Å². The average molecular weight is 646 g/mol. The van der Waals surface area contributed by atoms with Crippen LogP contribution in [0.15, 0.2) is 132 Å². The summed E-state index contributed by atoms with van der Waals surface area (Å²) in [7, 11) is 1.99. The van der Waals surface area contributed by atoms with Crippen molar-refractivity contribution >= 4 is 33.1 Å². The van der Waals surface area contributed by atoms with Gasteiger partial charge in [-0.05, 0) is 70.8 Å². The summed E-state index contributed by atoms with van der Waals surface area (Å²) in [5.74, 6) is 0.170. The minimum atomic E-state index is -0.470. The summed E-state index contributed by atoms with van der Waals surface area (Å²) in [6.07, 6.45) is 2.15. The number of pyridine rings is 1. The zero-order chi connectivity index (χ0) is 30.5. The fourth-order valence-electron chi connectivity index (χ4n) is 5.66. The summed E-state index contributed by atoms with van der Waals surface area (Å²) in [6.45, 7) is 1.00. The minimum absolute atomic E-state index is 0.271. The van der Waals surface area contributed by atoms with E-state index in [0.29, 0.717) is 29.9 Å². The van der Waals surface area contributed by atoms with Crippen LogP contribution in [0.4, 0.5) is 4.39 Å². The number of carbonyl (C=O) groups is 1. The van der Waals surface area contributed by atoms with Crippen LogP contribution in [0.5, 0.6) is 5.75 Å². The number of fused-ring (bicyclic) bond motifs is 1. The van der Waals surface area contributed by atoms with Gasteiger partial charge in [0, 0.05) is 29.1 Å². The lowest BCUT2D eigenvalue weighted by atomic mass is 9.90. The highest BCUT2D eigenvalue weighted by Crippen LogP contribution is 2.43. The molecule has 0 bridgehead atoms. The molecule has 6 rings (SSSR count). The molecule has 0 aliphatic heterocycles. The molecule has 0 aliphatic carbocycles. The summed E-state index contributed by atoms with van der Waals surface area (Å²) >= 11 is 3.63. The van der Waals surface area contributed by atoms with Crippen LogP contribution in [0, 0.1) is 5.82 Å². The van der Waals surface area contributed by atoms with Crippen LogP contribution < -0.4 is 4.74 Å². The normalized spacial score (nSPS) is 11.3. The van der Waals surface area contributed by atoms with Gasteiger partial charge in [-0.15, -0.1) is 0 Å². The Bertz CT molecular complexity index is 1860. The lowest BCUT2D eigenvalue weighted by Crippen LogP contribution is -2.20. The van der Waals surface area contributed by atoms with Gasteiger partial charge in [-0.3, -0.25) is 14.7 Å². The van der Waals surface area contributed by atoms with Gasteiger partial charge in [0.05, 0.1) is 5.56 Å². The van der Waals surface area contributed by atoms with Crippen molar-refractivity contribution in [1.82, 2.24) is 9.88 Å². The van der Waals surface area contributed by atoms with Crippen molar-refractivity contribution < 1.29 is 13.9 Å². The number of benzene rings is 5. The van der Waals surface area contributed by atoms with Gasteiger partial charge in [-0.1, -0.05) is 107 Å². The highest BCUT2D eigenvalue weighted by Gasteiger charge is 2.26. The first-order valence-electron chi connectivity index (χ1n) is 14.4. The van der Waals surface area contributed by atoms with Gasteiger partial charge in [0.2, 0.25) is 0 Å². The second-order valence-electron chi connectivity index (χ2n) is 10.7. The second-order valence-corrected chi connectivity index (χ2v) is 11.7. The maximum Gasteiger partial charge on any atom is 0.157 e. The van der Waals surface area contributed by atoms with E-state index in [9.17, 15) is 9.18 Å². The zero-order valence-electron chi connectivity index (χ0n) is 24.2. The van der Waals surface area contributed by atoms with Gasteiger partial charge in [0.1, 0.15) is 17.4 Å². The number of rotatable bonds is 10. The second kappa shape index (κ2) is 13.3. The first-order valence-corrected chi connectivity index (χ1v) is 15.2. The van der Waals surface area contributed by atoms with Crippen molar-refractivity contribution in [1.29, 1.82) is 0 Å². The molecule has 5 aromatic carbocycles. The van der Waals surface area contributed by atoms with Crippen molar-refractivity contribution in [2.24, 2.45) is 0 Å². The Morgan fingerprint density at radius 2 is 1.52 bits per heavy atom. The summed E-state index contributed by atoms with van der Waals surface area (Å²) < 4.78 is 21.5. The zero-order valence-corrected chi connectivity index (χ0v) is 25.7. The molecule has 0 N–H and O–H groups in total. The molecule has 6 aromatic rings. The predicted molar refractivity (Wildman–Crippen MR) is 177 cm³/mol. The molecule has 0 saturated heterocycles. The van der Waals surface area contributed by atoms with Crippen LogP contribution >= 0.6 is 15.9 Å². The number of hydrogen-bond donors (Lipinski definition) is 0. The minimum Gasteiger partial charge on any atom is -0.478 e. The SMILES string of the molecule is CN(Cc1ccc(F)cc1)Cc1c(C=O)c(OC(c2ccccc2)c2ccccc2)c2ncccc2c1-c1cccc(Br)c1. The molecular formula is C38H30BrFN2O2. The van der Waals surface area contributed by atoms with Crippen molar-refractivity contribution in [2.75, 3.05) is 7.05 Å². The molecule has 1 heterocycles. The third-order valence-electron chi connectivity index (χ3n) is 7.63. The Morgan fingerprint density at radius 1 is 0.841 bits per heavy atom. The van der Waals surface area contributed by atoms with Gasteiger partial charge < -0.3 is 4.74 Å². The average Bonchev–Trinajstić information content (AvgIpc) is 3.05. The van der Waals surface area contributed by atoms with Crippen LogP contribution in [0.1, 0.15) is 38.7 Å². The van der Waals surface area contributed by atoms with Gasteiger partial charge in [0.25, 0.3) is 0 Å². The van der Waals surface area contributed by atoms with E-state index in [1.165, 1.54) is 12.1 Å². The summed E-state index contributed by atoms with van der Waals surface area (Å²) in [5.41, 5.74) is 6.68. The number of aromatic nitrogens is 1. The van der Waals surface area contributed by atoms with Crippen molar-refractivity contribution in [3.63, 3.8) is 0 Å². The highest BCUT2D eigenvalue weighted by molar-refractivity contribution is 9.10. The molecule has 4 nitrogen and oxygen atoms in total. The van der Waals surface area contributed by atoms with Crippen LogP contribution in [-0.4, -0.2) is 23.2 Å². The molecule has 0 atom stereocenters. The topological polar surface area (TPSA) is 42.4 Å². The molecule has 0 aliphatic rings. The molecule has 1 aromatic heterocycles. The summed E-state index contributed by atoms with van der Waals surface area (Å²) in [5, 5.41) is 0.885. The van der Waals surface area contributed by atoms with E-state index in [1.54, 1.807) is 18.3 Å². The van der Waals surface area contributed by atoms with Crippen molar-refractivity contribution in [2.45, 2.75) is 19.2 Å². The quantitative estimate of drug-likeness (QED) is 0.139. The van der Waals surface area contributed by atoms with E-state index in [-0.39, 0.29) is 5.82 Å². The lowest BCUT2D eigenvalue weighted by molar-refractivity contribution is 0.111. The molecule has 0 amide bonds. The first-order chi connectivity index (χ1) is 21.5.